The Morgan fingerprint density at radius 1 is 1.39 bits per heavy atom. The van der Waals surface area contributed by atoms with E-state index < -0.39 is 35.7 Å². The molecule has 1 aromatic rings. The van der Waals surface area contributed by atoms with E-state index in [-0.39, 0.29) is 22.7 Å². The highest BCUT2D eigenvalue weighted by atomic mass is 19.4. The van der Waals surface area contributed by atoms with Crippen LogP contribution in [0.3, 0.4) is 0 Å². The summed E-state index contributed by atoms with van der Waals surface area (Å²) in [5.41, 5.74) is 7.28. The van der Waals surface area contributed by atoms with Crippen molar-refractivity contribution in [3.63, 3.8) is 0 Å². The van der Waals surface area contributed by atoms with Crippen molar-refractivity contribution < 1.29 is 22.7 Å². The molecule has 0 radical (unpaired) electrons. The highest BCUT2D eigenvalue weighted by molar-refractivity contribution is 6.04. The molecular weight excluding hydrogens is 413 g/mol. The zero-order valence-corrected chi connectivity index (χ0v) is 16.8. The molecule has 0 saturated heterocycles. The summed E-state index contributed by atoms with van der Waals surface area (Å²) in [6, 6.07) is 6.39. The van der Waals surface area contributed by atoms with Gasteiger partial charge in [0.25, 0.3) is 5.91 Å². The molecule has 0 saturated carbocycles. The molecule has 1 aliphatic rings. The van der Waals surface area contributed by atoms with Gasteiger partial charge in [-0.2, -0.15) is 18.4 Å². The molecule has 1 aromatic heterocycles. The van der Waals surface area contributed by atoms with Gasteiger partial charge >= 0.3 is 6.18 Å². The van der Waals surface area contributed by atoms with Crippen LogP contribution in [0.5, 0.6) is 0 Å². The smallest absolute Gasteiger partial charge is 0.404 e. The number of nitriles is 1. The van der Waals surface area contributed by atoms with Crippen LogP contribution in [-0.2, 0) is 15.1 Å². The number of rotatable bonds is 5. The van der Waals surface area contributed by atoms with Gasteiger partial charge in [-0.05, 0) is 38.1 Å². The number of alkyl halides is 3. The minimum atomic E-state index is -4.73. The third-order valence-electron chi connectivity index (χ3n) is 4.65. The highest BCUT2D eigenvalue weighted by Gasteiger charge is 2.59. The van der Waals surface area contributed by atoms with Crippen LogP contribution in [-0.4, -0.2) is 35.1 Å². The van der Waals surface area contributed by atoms with Crippen LogP contribution in [0.2, 0.25) is 0 Å². The largest absolute Gasteiger partial charge is 0.424 e. The predicted molar refractivity (Wildman–Crippen MR) is 108 cm³/mol. The summed E-state index contributed by atoms with van der Waals surface area (Å²) >= 11 is 0. The van der Waals surface area contributed by atoms with Gasteiger partial charge in [0.15, 0.2) is 0 Å². The number of anilines is 1. The first-order valence-electron chi connectivity index (χ1n) is 8.90. The molecule has 0 aliphatic carbocycles. The van der Waals surface area contributed by atoms with Crippen LogP contribution in [0.15, 0.2) is 59.3 Å². The van der Waals surface area contributed by atoms with E-state index >= 15 is 0 Å². The summed E-state index contributed by atoms with van der Waals surface area (Å²) in [6.07, 6.45) is -1.03. The van der Waals surface area contributed by atoms with Gasteiger partial charge in [-0.3, -0.25) is 9.79 Å². The minimum Gasteiger partial charge on any atom is -0.404 e. The number of halogens is 3. The van der Waals surface area contributed by atoms with E-state index in [1.807, 2.05) is 6.07 Å². The number of ether oxygens (including phenoxy) is 1. The number of pyridine rings is 1. The molecule has 0 spiro atoms. The monoisotopic (exact) mass is 434 g/mol. The fraction of sp³-hybridized carbons (Fsp3) is 0.300. The first kappa shape index (κ1) is 23.6. The molecule has 2 rings (SSSR count). The first-order valence-corrected chi connectivity index (χ1v) is 8.90. The number of amidine groups is 1. The second-order valence-corrected chi connectivity index (χ2v) is 7.05. The van der Waals surface area contributed by atoms with E-state index in [1.54, 1.807) is 6.07 Å². The average Bonchev–Trinajstić information content (AvgIpc) is 2.71. The molecule has 8 nitrogen and oxygen atoms in total. The van der Waals surface area contributed by atoms with E-state index in [0.717, 1.165) is 13.1 Å². The number of carbonyl (C=O) groups excluding carboxylic acids is 1. The molecule has 31 heavy (non-hydrogen) atoms. The van der Waals surface area contributed by atoms with E-state index in [0.29, 0.717) is 0 Å². The van der Waals surface area contributed by atoms with Crippen LogP contribution >= 0.6 is 0 Å². The summed E-state index contributed by atoms with van der Waals surface area (Å²) in [4.78, 5) is 20.6. The Balaban J connectivity index is 2.24. The lowest BCUT2D eigenvalue weighted by molar-refractivity contribution is -0.249. The van der Waals surface area contributed by atoms with Crippen molar-refractivity contribution in [3.05, 3.63) is 60.0 Å². The molecular formula is C20H21F3N6O2. The molecule has 1 aliphatic heterocycles. The molecule has 0 fully saturated rings. The number of carbonyl (C=O) groups is 1. The molecule has 0 aromatic carbocycles. The molecule has 11 heteroatoms. The van der Waals surface area contributed by atoms with Crippen LogP contribution in [0, 0.1) is 11.3 Å². The van der Waals surface area contributed by atoms with E-state index in [1.165, 1.54) is 31.2 Å². The topological polar surface area (TPSA) is 139 Å². The lowest BCUT2D eigenvalue weighted by atomic mass is 9.93. The second kappa shape index (κ2) is 8.61. The summed E-state index contributed by atoms with van der Waals surface area (Å²) in [7, 11) is 0. The van der Waals surface area contributed by atoms with Gasteiger partial charge in [0, 0.05) is 11.8 Å². The summed E-state index contributed by atoms with van der Waals surface area (Å²) in [6.45, 7) is 5.51. The van der Waals surface area contributed by atoms with Crippen molar-refractivity contribution in [1.29, 1.82) is 5.26 Å². The standard InChI is InChI=1S/C20H21F3N6O2/c1-12(7-8-13(9-24)10-25)16(30)28-15-6-4-5-14(27-15)18(2)11-31-19(3,17(26)29-18)20(21,22)23/h4-9H,1,11,24H2,2-3H3,(H2,26,29)(H,27,28,30)/b8-7-,13-9+/t18-,19-/m1/s1. The normalized spacial score (nSPS) is 24.4. The number of nitrogens with one attached hydrogen (secondary N) is 1. The number of aliphatic imine (C=N–C) groups is 1. The zero-order chi connectivity index (χ0) is 23.4. The Kier molecular flexibility index (Phi) is 6.56. The summed E-state index contributed by atoms with van der Waals surface area (Å²) in [5.74, 6) is -1.20. The number of hydrogen-bond acceptors (Lipinski definition) is 7. The number of nitrogens with zero attached hydrogens (tertiary/aromatic N) is 3. The highest BCUT2D eigenvalue weighted by Crippen LogP contribution is 2.40. The van der Waals surface area contributed by atoms with Crippen molar-refractivity contribution in [2.75, 3.05) is 11.9 Å². The minimum absolute atomic E-state index is 0.0252. The van der Waals surface area contributed by atoms with Crippen LogP contribution in [0.1, 0.15) is 19.5 Å². The maximum atomic E-state index is 13.3. The Hall–Kier alpha value is -3.65. The van der Waals surface area contributed by atoms with Crippen molar-refractivity contribution in [1.82, 2.24) is 4.98 Å². The van der Waals surface area contributed by atoms with Gasteiger partial charge in [0.2, 0.25) is 5.60 Å². The van der Waals surface area contributed by atoms with E-state index in [9.17, 15) is 18.0 Å². The fourth-order valence-corrected chi connectivity index (χ4v) is 2.52. The van der Waals surface area contributed by atoms with Crippen LogP contribution < -0.4 is 16.8 Å². The second-order valence-electron chi connectivity index (χ2n) is 7.05. The third-order valence-corrected chi connectivity index (χ3v) is 4.65. The average molecular weight is 434 g/mol. The number of hydrogen-bond donors (Lipinski definition) is 3. The van der Waals surface area contributed by atoms with Gasteiger partial charge in [0.1, 0.15) is 23.3 Å². The molecule has 2 heterocycles. The maximum Gasteiger partial charge on any atom is 0.424 e. The van der Waals surface area contributed by atoms with Gasteiger partial charge in [-0.15, -0.1) is 0 Å². The summed E-state index contributed by atoms with van der Waals surface area (Å²) in [5, 5.41) is 11.3. The van der Waals surface area contributed by atoms with Crippen molar-refractivity contribution in [3.8, 4) is 6.07 Å². The molecule has 164 valence electrons. The molecule has 1 amide bonds. The van der Waals surface area contributed by atoms with Crippen LogP contribution in [0.4, 0.5) is 19.0 Å². The Morgan fingerprint density at radius 2 is 2.06 bits per heavy atom. The fourth-order valence-electron chi connectivity index (χ4n) is 2.52. The predicted octanol–water partition coefficient (Wildman–Crippen LogP) is 2.42. The molecule has 0 bridgehead atoms. The SMILES string of the molecule is C=C(/C=C\C(C#N)=C/N)C(=O)Nc1cccc([C@@]2(C)CO[C@@](C)(C(F)(F)F)C(N)=N2)n1. The number of aromatic nitrogens is 1. The van der Waals surface area contributed by atoms with Gasteiger partial charge in [-0.25, -0.2) is 4.98 Å². The van der Waals surface area contributed by atoms with Gasteiger partial charge in [0.05, 0.1) is 17.9 Å². The maximum absolute atomic E-state index is 13.3. The van der Waals surface area contributed by atoms with E-state index in [4.69, 9.17) is 21.5 Å². The molecule has 5 N–H and O–H groups in total. The third kappa shape index (κ3) is 4.92. The Bertz CT molecular complexity index is 1020. The lowest BCUT2D eigenvalue weighted by Gasteiger charge is -2.40. The van der Waals surface area contributed by atoms with Crippen molar-refractivity contribution in [2.45, 2.75) is 31.2 Å². The number of nitrogens with two attached hydrogens (primary N) is 2. The van der Waals surface area contributed by atoms with Crippen molar-refractivity contribution in [2.24, 2.45) is 16.5 Å². The molecule has 0 unspecified atom stereocenters. The Morgan fingerprint density at radius 3 is 2.61 bits per heavy atom. The summed E-state index contributed by atoms with van der Waals surface area (Å²) < 4.78 is 44.9. The quantitative estimate of drug-likeness (QED) is 0.369. The zero-order valence-electron chi connectivity index (χ0n) is 16.8. The van der Waals surface area contributed by atoms with Crippen LogP contribution in [0.25, 0.3) is 0 Å². The Labute approximate surface area is 176 Å². The number of amides is 1. The first-order chi connectivity index (χ1) is 14.4. The van der Waals surface area contributed by atoms with E-state index in [2.05, 4.69) is 21.9 Å². The lowest BCUT2D eigenvalue weighted by Crippen LogP contribution is -2.60. The van der Waals surface area contributed by atoms with Gasteiger partial charge < -0.3 is 21.5 Å². The number of allylic oxidation sites excluding steroid dienone is 2. The molecule has 2 atom stereocenters. The van der Waals surface area contributed by atoms with Crippen molar-refractivity contribution >= 4 is 17.6 Å². The van der Waals surface area contributed by atoms with Gasteiger partial charge in [-0.1, -0.05) is 12.6 Å².